The van der Waals surface area contributed by atoms with Crippen LogP contribution >= 0.6 is 0 Å². The monoisotopic (exact) mass is 1190 g/mol. The molecule has 0 saturated carbocycles. The molecule has 16 atom stereocenters. The van der Waals surface area contributed by atoms with Crippen LogP contribution in [-0.4, -0.2) is 235 Å². The zero-order valence-electron chi connectivity index (χ0n) is 48.9. The molecule has 8 rings (SSSR count). The Hall–Kier alpha value is -4.84. The Morgan fingerprint density at radius 1 is 0.451 bits per heavy atom. The topological polar surface area (TPSA) is 396 Å². The standard InChI is InChI=1S/C16H22O11.C15H22O9.C9H16O6.C9H14O5.C2H6/c1-8(17)22-6-13-16(27-12(5)21,7-23-9(2)18)14(24-10(3)19)15(26-13)25-11(4)20;1-8(16)19-6-11-15(22-10(3)18,7-20-9(2)17)12-13(21-11)24-14(4,5)23-12;1-8(2)14-6-7(15-8)13-5(3-10)9(6,12)4-11;1-8(2)13-6-7(14-8)12-5(3-10)9(6)4-11-9;1-2/h13-15H,6-7H2,1-5H3;11-13H,6-7H2,1-5H3;5-7,10-12H,3-4H2,1-2H3;5-7,10H,3-4H2,1-2H3;1-2H3/t13-,14+,15?,16+;11-,12+,13?,15+;2*5-,6+,7?,9+;/m1111./s1. The first-order valence-electron chi connectivity index (χ1n) is 26.2. The first-order valence-corrected chi connectivity index (χ1v) is 26.2. The van der Waals surface area contributed by atoms with Crippen LogP contribution in [0, 0.1) is 0 Å². The Labute approximate surface area is 473 Å². The highest BCUT2D eigenvalue weighted by Crippen LogP contribution is 2.51. The van der Waals surface area contributed by atoms with Crippen molar-refractivity contribution in [3.63, 3.8) is 0 Å². The van der Waals surface area contributed by atoms with E-state index in [1.807, 2.05) is 27.7 Å². The highest BCUT2D eigenvalue weighted by molar-refractivity contribution is 5.70. The predicted molar refractivity (Wildman–Crippen MR) is 264 cm³/mol. The van der Waals surface area contributed by atoms with Gasteiger partial charge in [-0.2, -0.15) is 0 Å². The van der Waals surface area contributed by atoms with E-state index in [0.717, 1.165) is 34.6 Å². The van der Waals surface area contributed by atoms with Gasteiger partial charge in [-0.25, -0.2) is 0 Å². The number of rotatable bonds is 15. The van der Waals surface area contributed by atoms with Crippen molar-refractivity contribution >= 4 is 47.8 Å². The van der Waals surface area contributed by atoms with Crippen molar-refractivity contribution in [3.8, 4) is 0 Å². The molecule has 82 heavy (non-hydrogen) atoms. The molecule has 0 radical (unpaired) electrons. The van der Waals surface area contributed by atoms with Crippen molar-refractivity contribution < 1.29 is 149 Å². The van der Waals surface area contributed by atoms with Gasteiger partial charge in [-0.1, -0.05) is 13.8 Å². The van der Waals surface area contributed by atoms with Gasteiger partial charge in [0.15, 0.2) is 47.9 Å². The summed E-state index contributed by atoms with van der Waals surface area (Å²) in [7, 11) is 0. The van der Waals surface area contributed by atoms with E-state index in [0.29, 0.717) is 6.61 Å². The number of ether oxygens (including phenoxy) is 19. The summed E-state index contributed by atoms with van der Waals surface area (Å²) in [5.41, 5.74) is -5.44. The fraction of sp³-hybridized carbons (Fsp3) is 0.843. The Balaban J connectivity index is 0.000000239. The number of carbonyl (C=O) groups is 8. The minimum atomic E-state index is -1.90. The van der Waals surface area contributed by atoms with Crippen LogP contribution in [0.3, 0.4) is 0 Å². The van der Waals surface area contributed by atoms with Crippen molar-refractivity contribution in [2.45, 2.75) is 225 Å². The number of esters is 8. The summed E-state index contributed by atoms with van der Waals surface area (Å²) in [5, 5.41) is 37.4. The van der Waals surface area contributed by atoms with Crippen LogP contribution < -0.4 is 0 Å². The third-order valence-corrected chi connectivity index (χ3v) is 12.9. The highest BCUT2D eigenvalue weighted by Gasteiger charge is 2.72. The van der Waals surface area contributed by atoms with E-state index in [9.17, 15) is 43.5 Å². The Bertz CT molecular complexity index is 2250. The molecule has 0 aromatic rings. The summed E-state index contributed by atoms with van der Waals surface area (Å²) in [6.45, 7) is 21.7. The fourth-order valence-corrected chi connectivity index (χ4v) is 9.61. The first kappa shape index (κ1) is 69.7. The van der Waals surface area contributed by atoms with E-state index in [2.05, 4.69) is 0 Å². The smallest absolute Gasteiger partial charge is 0.305 e. The number of aliphatic hydroxyl groups excluding tert-OH is 3. The zero-order valence-corrected chi connectivity index (χ0v) is 48.9. The average Bonchev–Trinajstić information content (AvgIpc) is 3.65. The molecule has 4 N–H and O–H groups in total. The van der Waals surface area contributed by atoms with Gasteiger partial charge >= 0.3 is 47.8 Å². The second-order valence-electron chi connectivity index (χ2n) is 20.8. The second-order valence-corrected chi connectivity index (χ2v) is 20.8. The lowest BCUT2D eigenvalue weighted by Gasteiger charge is -2.36. The largest absolute Gasteiger partial charge is 0.463 e. The number of hydrogen-bond acceptors (Lipinski definition) is 31. The van der Waals surface area contributed by atoms with Gasteiger partial charge in [0.1, 0.15) is 68.7 Å². The first-order chi connectivity index (χ1) is 38.0. The van der Waals surface area contributed by atoms with E-state index < -0.39 is 176 Å². The fourth-order valence-electron chi connectivity index (χ4n) is 9.61. The minimum absolute atomic E-state index is 0.0554. The summed E-state index contributed by atoms with van der Waals surface area (Å²) in [5.74, 6) is -7.91. The van der Waals surface area contributed by atoms with Gasteiger partial charge in [-0.05, 0) is 41.5 Å². The van der Waals surface area contributed by atoms with Gasteiger partial charge in [-0.3, -0.25) is 38.4 Å². The highest BCUT2D eigenvalue weighted by atomic mass is 16.9. The Morgan fingerprint density at radius 3 is 1.24 bits per heavy atom. The summed E-state index contributed by atoms with van der Waals surface area (Å²) in [4.78, 5) is 91.2. The maximum Gasteiger partial charge on any atom is 0.305 e. The van der Waals surface area contributed by atoms with Gasteiger partial charge in [-0.15, -0.1) is 0 Å². The van der Waals surface area contributed by atoms with Crippen molar-refractivity contribution in [1.82, 2.24) is 0 Å². The second kappa shape index (κ2) is 27.9. The molecule has 8 aliphatic heterocycles. The lowest BCUT2D eigenvalue weighted by atomic mass is 9.92. The van der Waals surface area contributed by atoms with Crippen LogP contribution in [0.15, 0.2) is 0 Å². The van der Waals surface area contributed by atoms with Crippen LogP contribution in [0.1, 0.15) is 111 Å². The lowest BCUT2D eigenvalue weighted by Crippen LogP contribution is -2.58. The van der Waals surface area contributed by atoms with E-state index in [4.69, 9.17) is 105 Å². The number of aliphatic hydroxyl groups is 4. The molecule has 0 amide bonds. The van der Waals surface area contributed by atoms with Gasteiger partial charge in [0.25, 0.3) is 0 Å². The normalized spacial score (nSPS) is 36.7. The average molecular weight is 1190 g/mol. The summed E-state index contributed by atoms with van der Waals surface area (Å²) >= 11 is 0. The molecule has 8 heterocycles. The Kier molecular flexibility index (Phi) is 23.7. The SMILES string of the molecule is CC.CC(=O)OC[C@H]1OC(OC(C)=O)[C@H](OC(C)=O)[C@@]1(COC(C)=O)OC(C)=O.CC(=O)OC[C@H]1OC2OC(C)(C)O[C@@H]2[C@@]1(COC(C)=O)OC(C)=O.CC1(C)OC2O[C@H](CO)[C@@](O)(CO)[C@H]2O1.CC1(C)OC2O[C@H](CO)[C@@]3(CO3)[C@H]2O1. The molecule has 8 aliphatic rings. The molecule has 8 fully saturated rings. The number of fused-ring (bicyclic) bond motifs is 4. The van der Waals surface area contributed by atoms with Crippen molar-refractivity contribution in [2.75, 3.05) is 52.9 Å². The molecular formula is C51H80O31. The van der Waals surface area contributed by atoms with E-state index in [1.54, 1.807) is 27.7 Å². The molecule has 0 bridgehead atoms. The zero-order chi connectivity index (χ0) is 62.1. The summed E-state index contributed by atoms with van der Waals surface area (Å²) < 4.78 is 102. The molecule has 470 valence electrons. The van der Waals surface area contributed by atoms with Gasteiger partial charge < -0.3 is 110 Å². The molecule has 31 heteroatoms. The molecule has 0 aliphatic carbocycles. The predicted octanol–water partition coefficient (Wildman–Crippen LogP) is -0.846. The van der Waals surface area contributed by atoms with Gasteiger partial charge in [0, 0.05) is 55.4 Å². The van der Waals surface area contributed by atoms with Crippen LogP contribution in [-0.2, 0) is 128 Å². The van der Waals surface area contributed by atoms with E-state index in [1.165, 1.54) is 20.8 Å². The minimum Gasteiger partial charge on any atom is -0.463 e. The molecule has 0 aromatic carbocycles. The molecule has 8 saturated heterocycles. The number of epoxide rings is 1. The summed E-state index contributed by atoms with van der Waals surface area (Å²) in [6, 6.07) is 0. The Morgan fingerprint density at radius 2 is 0.829 bits per heavy atom. The van der Waals surface area contributed by atoms with Crippen LogP contribution in [0.4, 0.5) is 0 Å². The van der Waals surface area contributed by atoms with Gasteiger partial charge in [0.05, 0.1) is 26.4 Å². The maximum atomic E-state index is 11.7. The molecule has 1 spiro atoms. The number of carbonyl (C=O) groups excluding carboxylic acids is 8. The van der Waals surface area contributed by atoms with Crippen molar-refractivity contribution in [3.05, 3.63) is 0 Å². The third kappa shape index (κ3) is 16.7. The molecular weight excluding hydrogens is 1110 g/mol. The van der Waals surface area contributed by atoms with Gasteiger partial charge in [0.2, 0.25) is 23.6 Å². The lowest BCUT2D eigenvalue weighted by molar-refractivity contribution is -0.246. The van der Waals surface area contributed by atoms with E-state index >= 15 is 0 Å². The van der Waals surface area contributed by atoms with E-state index in [-0.39, 0.29) is 32.0 Å². The van der Waals surface area contributed by atoms with Crippen molar-refractivity contribution in [1.29, 1.82) is 0 Å². The molecule has 4 unspecified atom stereocenters. The van der Waals surface area contributed by atoms with Crippen molar-refractivity contribution in [2.24, 2.45) is 0 Å². The quantitative estimate of drug-likeness (QED) is 0.0882. The molecule has 0 aromatic heterocycles. The van der Waals surface area contributed by atoms with Crippen LogP contribution in [0.2, 0.25) is 0 Å². The molecule has 31 nitrogen and oxygen atoms in total. The number of hydrogen-bond donors (Lipinski definition) is 4. The summed E-state index contributed by atoms with van der Waals surface area (Å²) in [6.07, 6.45) is -10.1. The third-order valence-electron chi connectivity index (χ3n) is 12.9. The van der Waals surface area contributed by atoms with Crippen LogP contribution in [0.5, 0.6) is 0 Å². The van der Waals surface area contributed by atoms with Crippen LogP contribution in [0.25, 0.3) is 0 Å². The maximum absolute atomic E-state index is 11.7.